The van der Waals surface area contributed by atoms with Crippen LogP contribution in [0.2, 0.25) is 0 Å². The van der Waals surface area contributed by atoms with Gasteiger partial charge in [0.1, 0.15) is 11.5 Å². The van der Waals surface area contributed by atoms with Crippen LogP contribution in [0.4, 0.5) is 0 Å². The molecule has 0 saturated heterocycles. The van der Waals surface area contributed by atoms with E-state index in [-0.39, 0.29) is 0 Å². The summed E-state index contributed by atoms with van der Waals surface area (Å²) in [4.78, 5) is 12.9. The zero-order chi connectivity index (χ0) is 24.9. The first kappa shape index (κ1) is 25.1. The predicted molar refractivity (Wildman–Crippen MR) is 148 cm³/mol. The Bertz CT molecular complexity index is 1170. The highest BCUT2D eigenvalue weighted by molar-refractivity contribution is 5.90. The number of rotatable bonds is 9. The van der Waals surface area contributed by atoms with Crippen LogP contribution in [0.3, 0.4) is 0 Å². The van der Waals surface area contributed by atoms with Gasteiger partial charge in [0.05, 0.1) is 7.11 Å². The average molecular weight is 487 g/mol. The molecule has 36 heavy (non-hydrogen) atoms. The predicted octanol–water partition coefficient (Wildman–Crippen LogP) is 7.31. The van der Waals surface area contributed by atoms with Gasteiger partial charge in [0.15, 0.2) is 0 Å². The summed E-state index contributed by atoms with van der Waals surface area (Å²) in [6.07, 6.45) is 15.6. The first-order valence-corrected chi connectivity index (χ1v) is 14.1. The maximum absolute atomic E-state index is 12.9. The molecule has 2 saturated carbocycles. The summed E-state index contributed by atoms with van der Waals surface area (Å²) >= 11 is 0. The van der Waals surface area contributed by atoms with E-state index in [0.29, 0.717) is 24.2 Å². The minimum Gasteiger partial charge on any atom is -0.496 e. The van der Waals surface area contributed by atoms with E-state index in [1.807, 2.05) is 12.1 Å². The van der Waals surface area contributed by atoms with Crippen LogP contribution in [0.25, 0.3) is 22.0 Å². The number of fused-ring (bicyclic) bond motifs is 1. The number of nitrogens with two attached hydrogens (primary N) is 1. The fourth-order valence-electron chi connectivity index (χ4n) is 6.51. The van der Waals surface area contributed by atoms with Gasteiger partial charge in [-0.2, -0.15) is 0 Å². The van der Waals surface area contributed by atoms with Gasteiger partial charge < -0.3 is 15.0 Å². The molecule has 1 aromatic heterocycles. The van der Waals surface area contributed by atoms with Crippen molar-refractivity contribution in [3.05, 3.63) is 54.2 Å². The third-order valence-electron chi connectivity index (χ3n) is 8.64. The summed E-state index contributed by atoms with van der Waals surface area (Å²) in [5.41, 5.74) is 10.9. The molecule has 0 atom stereocenters. The molecule has 0 aliphatic heterocycles. The fourth-order valence-corrected chi connectivity index (χ4v) is 6.51. The lowest BCUT2D eigenvalue weighted by Crippen LogP contribution is -2.27. The largest absolute Gasteiger partial charge is 0.496 e. The maximum atomic E-state index is 12.9. The fraction of sp³-hybridized carbons (Fsp3) is 0.531. The van der Waals surface area contributed by atoms with Crippen molar-refractivity contribution in [2.45, 2.75) is 89.6 Å². The van der Waals surface area contributed by atoms with Gasteiger partial charge in [-0.05, 0) is 86.1 Å². The Morgan fingerprint density at radius 2 is 1.75 bits per heavy atom. The van der Waals surface area contributed by atoms with Gasteiger partial charge in [-0.1, -0.05) is 43.5 Å². The molecule has 2 aliphatic rings. The topological polar surface area (TPSA) is 57.2 Å². The molecular formula is C32H42N2O2. The Morgan fingerprint density at radius 1 is 0.972 bits per heavy atom. The number of aryl methyl sites for hydroxylation is 1. The standard InChI is InChI=1S/C32H42N2O2/c1-36-32-10-6-5-9-29(32)25-14-18-31-30(20-25)26(22-34(31)21-24-7-3-2-4-8-24)13-17-28(35)19-23-11-15-27(33)16-12-23/h5-6,9-10,14,18,20,22-24,27H,2-4,7-8,11-13,15-17,19,21,33H2,1H3. The molecule has 2 fully saturated rings. The molecule has 5 rings (SSSR count). The number of benzene rings is 2. The number of carbonyl (C=O) groups is 1. The highest BCUT2D eigenvalue weighted by Gasteiger charge is 2.22. The summed E-state index contributed by atoms with van der Waals surface area (Å²) in [6.45, 7) is 1.08. The minimum atomic E-state index is 0.337. The number of nitrogens with zero attached hydrogens (tertiary/aromatic N) is 1. The quantitative estimate of drug-likeness (QED) is 0.345. The lowest BCUT2D eigenvalue weighted by Gasteiger charge is -2.25. The van der Waals surface area contributed by atoms with Crippen molar-refractivity contribution >= 4 is 16.7 Å². The van der Waals surface area contributed by atoms with E-state index in [1.165, 1.54) is 54.1 Å². The SMILES string of the molecule is COc1ccccc1-c1ccc2c(c1)c(CCC(=O)CC1CCC(N)CC1)cn2CC1CCCCC1. The van der Waals surface area contributed by atoms with Crippen LogP contribution in [0.5, 0.6) is 5.75 Å². The smallest absolute Gasteiger partial charge is 0.133 e. The Balaban J connectivity index is 1.39. The Morgan fingerprint density at radius 3 is 2.53 bits per heavy atom. The zero-order valence-corrected chi connectivity index (χ0v) is 21.9. The van der Waals surface area contributed by atoms with Gasteiger partial charge in [0, 0.05) is 48.1 Å². The number of aromatic nitrogens is 1. The van der Waals surface area contributed by atoms with Gasteiger partial charge in [-0.25, -0.2) is 0 Å². The van der Waals surface area contributed by atoms with E-state index in [0.717, 1.165) is 62.3 Å². The molecule has 4 nitrogen and oxygen atoms in total. The Hall–Kier alpha value is -2.59. The maximum Gasteiger partial charge on any atom is 0.133 e. The third-order valence-corrected chi connectivity index (χ3v) is 8.64. The van der Waals surface area contributed by atoms with E-state index in [1.54, 1.807) is 7.11 Å². The normalized spacial score (nSPS) is 21.1. The van der Waals surface area contributed by atoms with Gasteiger partial charge in [-0.3, -0.25) is 4.79 Å². The summed E-state index contributed by atoms with van der Waals surface area (Å²) in [5.74, 6) is 2.59. The highest BCUT2D eigenvalue weighted by atomic mass is 16.5. The number of para-hydroxylation sites is 1. The second-order valence-corrected chi connectivity index (χ2v) is 11.3. The monoisotopic (exact) mass is 486 g/mol. The Labute approximate surface area is 216 Å². The van der Waals surface area contributed by atoms with Gasteiger partial charge in [0.2, 0.25) is 0 Å². The Kier molecular flexibility index (Phi) is 8.11. The van der Waals surface area contributed by atoms with Crippen LogP contribution in [0.1, 0.15) is 76.2 Å². The van der Waals surface area contributed by atoms with Crippen molar-refractivity contribution in [1.29, 1.82) is 0 Å². The molecule has 0 radical (unpaired) electrons. The van der Waals surface area contributed by atoms with E-state index >= 15 is 0 Å². The second kappa shape index (κ2) is 11.6. The number of ketones is 1. The first-order valence-electron chi connectivity index (χ1n) is 14.1. The highest BCUT2D eigenvalue weighted by Crippen LogP contribution is 2.35. The van der Waals surface area contributed by atoms with E-state index in [2.05, 4.69) is 41.1 Å². The van der Waals surface area contributed by atoms with Crippen LogP contribution in [0.15, 0.2) is 48.7 Å². The minimum absolute atomic E-state index is 0.337. The molecule has 2 aliphatic carbocycles. The molecule has 2 N–H and O–H groups in total. The third kappa shape index (κ3) is 5.86. The van der Waals surface area contributed by atoms with Crippen molar-refractivity contribution in [3.63, 3.8) is 0 Å². The van der Waals surface area contributed by atoms with Crippen molar-refractivity contribution in [2.24, 2.45) is 17.6 Å². The average Bonchev–Trinajstić information content (AvgIpc) is 3.25. The van der Waals surface area contributed by atoms with Crippen LogP contribution >= 0.6 is 0 Å². The van der Waals surface area contributed by atoms with Crippen LogP contribution in [0, 0.1) is 11.8 Å². The number of hydrogen-bond donors (Lipinski definition) is 1. The van der Waals surface area contributed by atoms with Gasteiger partial charge >= 0.3 is 0 Å². The number of methoxy groups -OCH3 is 1. The number of carbonyl (C=O) groups excluding carboxylic acids is 1. The van der Waals surface area contributed by atoms with Gasteiger partial charge in [0.25, 0.3) is 0 Å². The zero-order valence-electron chi connectivity index (χ0n) is 21.9. The lowest BCUT2D eigenvalue weighted by atomic mass is 9.83. The summed E-state index contributed by atoms with van der Waals surface area (Å²) in [7, 11) is 1.73. The lowest BCUT2D eigenvalue weighted by molar-refractivity contribution is -0.120. The van der Waals surface area contributed by atoms with E-state index in [9.17, 15) is 4.79 Å². The van der Waals surface area contributed by atoms with Crippen molar-refractivity contribution in [3.8, 4) is 16.9 Å². The molecule has 0 amide bonds. The van der Waals surface area contributed by atoms with Crippen molar-refractivity contribution < 1.29 is 9.53 Å². The van der Waals surface area contributed by atoms with Crippen LogP contribution < -0.4 is 10.5 Å². The number of Topliss-reactive ketones (excluding diaryl/α,β-unsaturated/α-hetero) is 1. The molecule has 0 spiro atoms. The molecule has 2 aromatic carbocycles. The molecule has 1 heterocycles. The molecule has 4 heteroatoms. The molecule has 3 aromatic rings. The summed E-state index contributed by atoms with van der Waals surface area (Å²) in [6, 6.07) is 15.4. The van der Waals surface area contributed by atoms with Gasteiger partial charge in [-0.15, -0.1) is 0 Å². The van der Waals surface area contributed by atoms with E-state index in [4.69, 9.17) is 10.5 Å². The number of hydrogen-bond acceptors (Lipinski definition) is 3. The molecule has 0 bridgehead atoms. The van der Waals surface area contributed by atoms with Crippen molar-refractivity contribution in [2.75, 3.05) is 7.11 Å². The van der Waals surface area contributed by atoms with Crippen LogP contribution in [-0.2, 0) is 17.8 Å². The molecule has 192 valence electrons. The summed E-state index contributed by atoms with van der Waals surface area (Å²) in [5, 5.41) is 1.28. The molecular weight excluding hydrogens is 444 g/mol. The molecule has 0 unspecified atom stereocenters. The second-order valence-electron chi connectivity index (χ2n) is 11.3. The van der Waals surface area contributed by atoms with E-state index < -0.39 is 0 Å². The first-order chi connectivity index (χ1) is 17.6. The van der Waals surface area contributed by atoms with Crippen LogP contribution in [-0.4, -0.2) is 23.5 Å². The van der Waals surface area contributed by atoms with Crippen molar-refractivity contribution in [1.82, 2.24) is 4.57 Å². The summed E-state index contributed by atoms with van der Waals surface area (Å²) < 4.78 is 8.12. The number of ether oxygens (including phenoxy) is 1.